The smallest absolute Gasteiger partial charge is 0.266 e. The average molecular weight is 441 g/mol. The maximum atomic E-state index is 12.8. The van der Waals surface area contributed by atoms with Gasteiger partial charge in [0.25, 0.3) is 5.91 Å². The van der Waals surface area contributed by atoms with Crippen molar-refractivity contribution in [1.82, 2.24) is 9.47 Å². The molecule has 4 rings (SSSR count). The van der Waals surface area contributed by atoms with Gasteiger partial charge in [0.15, 0.2) is 0 Å². The first-order chi connectivity index (χ1) is 14.0. The maximum Gasteiger partial charge on any atom is 0.266 e. The van der Waals surface area contributed by atoms with Crippen LogP contribution < -0.4 is 0 Å². The summed E-state index contributed by atoms with van der Waals surface area (Å²) < 4.78 is 2.90. The maximum absolute atomic E-state index is 12.8. The van der Waals surface area contributed by atoms with E-state index in [2.05, 4.69) is 30.5 Å². The lowest BCUT2D eigenvalue weighted by atomic mass is 10.1. The quantitative estimate of drug-likeness (QED) is 0.345. The first kappa shape index (κ1) is 20.2. The zero-order chi connectivity index (χ0) is 20.5. The molecule has 1 saturated heterocycles. The van der Waals surface area contributed by atoms with E-state index in [1.165, 1.54) is 11.8 Å². The summed E-state index contributed by atoms with van der Waals surface area (Å²) in [4.78, 5) is 15.2. The van der Waals surface area contributed by atoms with Gasteiger partial charge in [0, 0.05) is 40.3 Å². The van der Waals surface area contributed by atoms with E-state index in [0.29, 0.717) is 22.3 Å². The summed E-state index contributed by atoms with van der Waals surface area (Å²) in [5, 5.41) is 1.88. The topological polar surface area (TPSA) is 25.2 Å². The highest BCUT2D eigenvalue weighted by molar-refractivity contribution is 8.26. The third-order valence-corrected chi connectivity index (χ3v) is 6.91. The van der Waals surface area contributed by atoms with E-state index in [4.69, 9.17) is 23.8 Å². The van der Waals surface area contributed by atoms with Gasteiger partial charge >= 0.3 is 0 Å². The van der Waals surface area contributed by atoms with Gasteiger partial charge in [-0.2, -0.15) is 0 Å². The molecule has 148 valence electrons. The van der Waals surface area contributed by atoms with Crippen LogP contribution in [0.4, 0.5) is 0 Å². The minimum absolute atomic E-state index is 0.00387. The van der Waals surface area contributed by atoms with Crippen molar-refractivity contribution in [3.8, 4) is 0 Å². The third kappa shape index (κ3) is 3.75. The van der Waals surface area contributed by atoms with Crippen LogP contribution in [0, 0.1) is 6.92 Å². The highest BCUT2D eigenvalue weighted by Crippen LogP contribution is 2.36. The summed E-state index contributed by atoms with van der Waals surface area (Å²) in [6.45, 7) is 5.48. The minimum atomic E-state index is 0.00387. The van der Waals surface area contributed by atoms with E-state index in [1.54, 1.807) is 4.90 Å². The van der Waals surface area contributed by atoms with Crippen LogP contribution in [0.2, 0.25) is 5.02 Å². The molecule has 1 fully saturated rings. The molecule has 2 heterocycles. The van der Waals surface area contributed by atoms with Crippen molar-refractivity contribution >= 4 is 62.8 Å². The van der Waals surface area contributed by atoms with Gasteiger partial charge in [0.1, 0.15) is 4.32 Å². The Balaban J connectivity index is 1.81. The Morgan fingerprint density at radius 2 is 1.86 bits per heavy atom. The lowest BCUT2D eigenvalue weighted by Crippen LogP contribution is -2.28. The number of aromatic nitrogens is 1. The number of rotatable bonds is 5. The number of nitrogens with zero attached hydrogens (tertiary/aromatic N) is 2. The molecule has 0 aliphatic carbocycles. The molecule has 0 N–H and O–H groups in total. The first-order valence-corrected chi connectivity index (χ1v) is 11.2. The van der Waals surface area contributed by atoms with E-state index >= 15 is 0 Å². The lowest BCUT2D eigenvalue weighted by Gasteiger charge is -2.12. The van der Waals surface area contributed by atoms with Gasteiger partial charge in [-0.3, -0.25) is 9.69 Å². The van der Waals surface area contributed by atoms with E-state index in [9.17, 15) is 4.79 Å². The Bertz CT molecular complexity index is 1150. The number of thioether (sulfide) groups is 1. The number of halogens is 1. The molecular formula is C23H21ClN2OS2. The average Bonchev–Trinajstić information content (AvgIpc) is 3.13. The van der Waals surface area contributed by atoms with Crippen LogP contribution in [0.1, 0.15) is 30.2 Å². The van der Waals surface area contributed by atoms with Crippen LogP contribution >= 0.6 is 35.6 Å². The molecule has 0 spiro atoms. The molecule has 0 radical (unpaired) electrons. The Kier molecular flexibility index (Phi) is 5.81. The molecule has 0 atom stereocenters. The standard InChI is InChI=1S/C23H21ClN2OS2/c1-3-12-25-22(27)21(29-23(25)28)13-18-15(2)26(20-11-7-5-9-17(18)20)14-16-8-4-6-10-19(16)24/h4-11,13H,3,12,14H2,1-2H3/b21-13+. The summed E-state index contributed by atoms with van der Waals surface area (Å²) in [5.41, 5.74) is 4.36. The van der Waals surface area contributed by atoms with Crippen molar-refractivity contribution in [3.05, 3.63) is 75.3 Å². The van der Waals surface area contributed by atoms with E-state index in [0.717, 1.165) is 39.2 Å². The molecule has 2 aromatic carbocycles. The monoisotopic (exact) mass is 440 g/mol. The van der Waals surface area contributed by atoms with Crippen molar-refractivity contribution in [1.29, 1.82) is 0 Å². The highest BCUT2D eigenvalue weighted by atomic mass is 35.5. The molecule has 1 aromatic heterocycles. The van der Waals surface area contributed by atoms with Crippen LogP contribution in [0.25, 0.3) is 17.0 Å². The van der Waals surface area contributed by atoms with Gasteiger partial charge in [0.05, 0.1) is 4.91 Å². The Hall–Kier alpha value is -2.08. The van der Waals surface area contributed by atoms with Crippen molar-refractivity contribution in [2.75, 3.05) is 6.54 Å². The van der Waals surface area contributed by atoms with E-state index in [1.807, 2.05) is 42.5 Å². The van der Waals surface area contributed by atoms with Gasteiger partial charge in [0.2, 0.25) is 0 Å². The number of hydrogen-bond acceptors (Lipinski definition) is 3. The Morgan fingerprint density at radius 1 is 1.14 bits per heavy atom. The molecule has 0 saturated carbocycles. The third-order valence-electron chi connectivity index (χ3n) is 5.16. The molecule has 0 unspecified atom stereocenters. The predicted molar refractivity (Wildman–Crippen MR) is 127 cm³/mol. The molecule has 1 aliphatic rings. The molecule has 29 heavy (non-hydrogen) atoms. The number of benzene rings is 2. The minimum Gasteiger partial charge on any atom is -0.340 e. The molecule has 1 aliphatic heterocycles. The van der Waals surface area contributed by atoms with Crippen molar-refractivity contribution < 1.29 is 4.79 Å². The Morgan fingerprint density at radius 3 is 2.62 bits per heavy atom. The zero-order valence-electron chi connectivity index (χ0n) is 16.3. The van der Waals surface area contributed by atoms with Crippen LogP contribution in [-0.2, 0) is 11.3 Å². The molecule has 3 nitrogen and oxygen atoms in total. The number of hydrogen-bond donors (Lipinski definition) is 0. The lowest BCUT2D eigenvalue weighted by molar-refractivity contribution is -0.122. The summed E-state index contributed by atoms with van der Waals surface area (Å²) >= 11 is 13.2. The molecular weight excluding hydrogens is 420 g/mol. The fraction of sp³-hybridized carbons (Fsp3) is 0.217. The number of amides is 1. The second-order valence-electron chi connectivity index (χ2n) is 7.03. The second-order valence-corrected chi connectivity index (χ2v) is 9.11. The largest absolute Gasteiger partial charge is 0.340 e. The van der Waals surface area contributed by atoms with Gasteiger partial charge in [-0.15, -0.1) is 0 Å². The Labute approximate surface area is 185 Å². The fourth-order valence-electron chi connectivity index (χ4n) is 3.69. The second kappa shape index (κ2) is 8.34. The van der Waals surface area contributed by atoms with Crippen LogP contribution in [0.15, 0.2) is 53.4 Å². The SMILES string of the molecule is CCCN1C(=O)/C(=C\c2c(C)n(Cc3ccccc3Cl)c3ccccc23)SC1=S. The normalized spacial score (nSPS) is 15.8. The van der Waals surface area contributed by atoms with Gasteiger partial charge in [-0.1, -0.05) is 78.9 Å². The van der Waals surface area contributed by atoms with Gasteiger partial charge in [-0.05, 0) is 37.1 Å². The molecule has 3 aromatic rings. The number of carbonyl (C=O) groups is 1. The van der Waals surface area contributed by atoms with Crippen molar-refractivity contribution in [3.63, 3.8) is 0 Å². The van der Waals surface area contributed by atoms with Gasteiger partial charge in [-0.25, -0.2) is 0 Å². The van der Waals surface area contributed by atoms with E-state index in [-0.39, 0.29) is 5.91 Å². The summed E-state index contributed by atoms with van der Waals surface area (Å²) in [6.07, 6.45) is 2.88. The van der Waals surface area contributed by atoms with Crippen LogP contribution in [0.5, 0.6) is 0 Å². The summed E-state index contributed by atoms with van der Waals surface area (Å²) in [6, 6.07) is 16.2. The zero-order valence-corrected chi connectivity index (χ0v) is 18.7. The number of carbonyl (C=O) groups excluding carboxylic acids is 1. The van der Waals surface area contributed by atoms with Crippen molar-refractivity contribution in [2.45, 2.75) is 26.8 Å². The molecule has 6 heteroatoms. The van der Waals surface area contributed by atoms with Crippen LogP contribution in [-0.4, -0.2) is 26.2 Å². The summed E-state index contributed by atoms with van der Waals surface area (Å²) in [7, 11) is 0. The van der Waals surface area contributed by atoms with Gasteiger partial charge < -0.3 is 4.57 Å². The van der Waals surface area contributed by atoms with Crippen LogP contribution in [0.3, 0.4) is 0 Å². The molecule has 0 bridgehead atoms. The molecule has 1 amide bonds. The number of para-hydroxylation sites is 1. The number of thiocarbonyl (C=S) groups is 1. The first-order valence-electron chi connectivity index (χ1n) is 9.58. The predicted octanol–water partition coefficient (Wildman–Crippen LogP) is 6.26. The summed E-state index contributed by atoms with van der Waals surface area (Å²) in [5.74, 6) is 0.00387. The van der Waals surface area contributed by atoms with E-state index < -0.39 is 0 Å². The fourth-order valence-corrected chi connectivity index (χ4v) is 5.17. The highest BCUT2D eigenvalue weighted by Gasteiger charge is 2.31. The number of fused-ring (bicyclic) bond motifs is 1. The van der Waals surface area contributed by atoms with Crippen molar-refractivity contribution in [2.24, 2.45) is 0 Å².